The molecule has 0 radical (unpaired) electrons. The van der Waals surface area contributed by atoms with Gasteiger partial charge in [0, 0.05) is 6.54 Å². The van der Waals surface area contributed by atoms with Crippen LogP contribution in [0.2, 0.25) is 0 Å². The summed E-state index contributed by atoms with van der Waals surface area (Å²) in [5.41, 5.74) is 0. The van der Waals surface area contributed by atoms with Gasteiger partial charge >= 0.3 is 12.0 Å². The number of anilines is 1. The zero-order chi connectivity index (χ0) is 15.2. The van der Waals surface area contributed by atoms with Crippen LogP contribution >= 0.6 is 0 Å². The van der Waals surface area contributed by atoms with Crippen LogP contribution in [0.25, 0.3) is 0 Å². The van der Waals surface area contributed by atoms with Crippen molar-refractivity contribution in [2.75, 3.05) is 11.9 Å². The van der Waals surface area contributed by atoms with Crippen LogP contribution < -0.4 is 14.8 Å². The molecule has 0 aromatic carbocycles. The Bertz CT molecular complexity index is 453. The predicted molar refractivity (Wildman–Crippen MR) is 81.8 cm³/mol. The van der Waals surface area contributed by atoms with Gasteiger partial charge in [0.2, 0.25) is 5.95 Å². The molecule has 2 unspecified atom stereocenters. The first-order valence-electron chi connectivity index (χ1n) is 7.91. The van der Waals surface area contributed by atoms with Crippen LogP contribution in [0.15, 0.2) is 0 Å². The number of nitrogens with zero attached hydrogens (tertiary/aromatic N) is 3. The van der Waals surface area contributed by atoms with E-state index in [-0.39, 0.29) is 12.2 Å². The van der Waals surface area contributed by atoms with Gasteiger partial charge in [-0.15, -0.1) is 4.98 Å². The number of hydrogen-bond acceptors (Lipinski definition) is 6. The van der Waals surface area contributed by atoms with E-state index in [1.165, 1.54) is 19.3 Å². The molecule has 2 rings (SSSR count). The summed E-state index contributed by atoms with van der Waals surface area (Å²) in [6.45, 7) is 8.85. The normalized spacial score (nSPS) is 22.1. The van der Waals surface area contributed by atoms with E-state index < -0.39 is 0 Å². The van der Waals surface area contributed by atoms with E-state index in [2.05, 4.69) is 27.2 Å². The third-order valence-corrected chi connectivity index (χ3v) is 3.56. The molecule has 1 heterocycles. The molecule has 1 saturated carbocycles. The lowest BCUT2D eigenvalue weighted by molar-refractivity contribution is 0.0901. The molecule has 1 N–H and O–H groups in total. The van der Waals surface area contributed by atoms with Gasteiger partial charge in [-0.25, -0.2) is 0 Å². The molecule has 0 bridgehead atoms. The van der Waals surface area contributed by atoms with Crippen LogP contribution in [-0.2, 0) is 0 Å². The Balaban J connectivity index is 2.14. The van der Waals surface area contributed by atoms with Crippen molar-refractivity contribution in [2.24, 2.45) is 5.92 Å². The average Bonchev–Trinajstić information content (AvgIpc) is 2.41. The predicted octanol–water partition coefficient (Wildman–Crippen LogP) is 3.05. The molecule has 0 spiro atoms. The molecule has 0 amide bonds. The maximum Gasteiger partial charge on any atom is 0.324 e. The van der Waals surface area contributed by atoms with Crippen LogP contribution in [0.3, 0.4) is 0 Å². The summed E-state index contributed by atoms with van der Waals surface area (Å²) in [5, 5.41) is 3.09. The van der Waals surface area contributed by atoms with Gasteiger partial charge < -0.3 is 14.8 Å². The second-order valence-electron chi connectivity index (χ2n) is 5.84. The summed E-state index contributed by atoms with van der Waals surface area (Å²) in [7, 11) is 0. The zero-order valence-corrected chi connectivity index (χ0v) is 13.4. The zero-order valence-electron chi connectivity index (χ0n) is 13.4. The van der Waals surface area contributed by atoms with Crippen molar-refractivity contribution < 1.29 is 9.47 Å². The van der Waals surface area contributed by atoms with E-state index >= 15 is 0 Å². The Kier molecular flexibility index (Phi) is 5.59. The molecular formula is C15H26N4O2. The Morgan fingerprint density at radius 3 is 2.52 bits per heavy atom. The fraction of sp³-hybridized carbons (Fsp3) is 0.800. The third-order valence-electron chi connectivity index (χ3n) is 3.56. The van der Waals surface area contributed by atoms with Gasteiger partial charge in [0.25, 0.3) is 0 Å². The highest BCUT2D eigenvalue weighted by molar-refractivity contribution is 5.27. The maximum absolute atomic E-state index is 5.99. The molecule has 6 nitrogen and oxygen atoms in total. The molecule has 2 atom stereocenters. The van der Waals surface area contributed by atoms with Crippen LogP contribution in [0.5, 0.6) is 12.0 Å². The number of nitrogens with one attached hydrogen (secondary N) is 1. The topological polar surface area (TPSA) is 69.2 Å². The Morgan fingerprint density at radius 2 is 1.86 bits per heavy atom. The molecule has 0 saturated heterocycles. The van der Waals surface area contributed by atoms with E-state index in [0.717, 1.165) is 13.0 Å². The molecule has 6 heteroatoms. The summed E-state index contributed by atoms with van der Waals surface area (Å²) in [6.07, 6.45) is 4.94. The van der Waals surface area contributed by atoms with Crippen molar-refractivity contribution >= 4 is 5.95 Å². The minimum atomic E-state index is 0.0170. The first-order chi connectivity index (χ1) is 10.1. The summed E-state index contributed by atoms with van der Waals surface area (Å²) in [4.78, 5) is 12.8. The molecular weight excluding hydrogens is 268 g/mol. The summed E-state index contributed by atoms with van der Waals surface area (Å²) in [6, 6.07) is 0.671. The highest BCUT2D eigenvalue weighted by Crippen LogP contribution is 2.27. The van der Waals surface area contributed by atoms with Gasteiger partial charge in [0.05, 0.1) is 6.10 Å². The van der Waals surface area contributed by atoms with Gasteiger partial charge in [-0.2, -0.15) is 9.97 Å². The van der Waals surface area contributed by atoms with E-state index in [0.29, 0.717) is 23.9 Å². The molecule has 118 valence electrons. The van der Waals surface area contributed by atoms with Gasteiger partial charge in [-0.3, -0.25) is 0 Å². The minimum Gasteiger partial charge on any atom is -0.461 e. The average molecular weight is 294 g/mol. The lowest BCUT2D eigenvalue weighted by atomic mass is 9.88. The SMILES string of the molecule is CCNc1nc(OC(C)C)nc(OC2CCCCC2C)n1. The van der Waals surface area contributed by atoms with Gasteiger partial charge in [-0.05, 0) is 46.0 Å². The summed E-state index contributed by atoms with van der Waals surface area (Å²) >= 11 is 0. The van der Waals surface area contributed by atoms with Gasteiger partial charge in [-0.1, -0.05) is 13.3 Å². The molecule has 1 aliphatic rings. The Hall–Kier alpha value is -1.59. The Labute approximate surface area is 126 Å². The van der Waals surface area contributed by atoms with E-state index in [1.807, 2.05) is 20.8 Å². The first-order valence-corrected chi connectivity index (χ1v) is 7.91. The second-order valence-corrected chi connectivity index (χ2v) is 5.84. The van der Waals surface area contributed by atoms with Crippen molar-refractivity contribution in [3.63, 3.8) is 0 Å². The number of rotatable bonds is 6. The minimum absolute atomic E-state index is 0.0170. The first kappa shape index (κ1) is 15.8. The number of aromatic nitrogens is 3. The van der Waals surface area contributed by atoms with E-state index in [1.54, 1.807) is 0 Å². The Morgan fingerprint density at radius 1 is 1.14 bits per heavy atom. The van der Waals surface area contributed by atoms with Gasteiger partial charge in [0.1, 0.15) is 6.10 Å². The maximum atomic E-state index is 5.99. The summed E-state index contributed by atoms with van der Waals surface area (Å²) in [5.74, 6) is 1.04. The highest BCUT2D eigenvalue weighted by atomic mass is 16.5. The van der Waals surface area contributed by atoms with Crippen molar-refractivity contribution in [1.29, 1.82) is 0 Å². The lowest BCUT2D eigenvalue weighted by Crippen LogP contribution is -2.29. The molecule has 1 aliphatic carbocycles. The molecule has 0 aliphatic heterocycles. The number of ether oxygens (including phenoxy) is 2. The van der Waals surface area contributed by atoms with Gasteiger partial charge in [0.15, 0.2) is 0 Å². The van der Waals surface area contributed by atoms with Crippen molar-refractivity contribution in [2.45, 2.75) is 65.6 Å². The highest BCUT2D eigenvalue weighted by Gasteiger charge is 2.24. The third kappa shape index (κ3) is 4.72. The molecule has 1 aromatic rings. The lowest BCUT2D eigenvalue weighted by Gasteiger charge is -2.28. The van der Waals surface area contributed by atoms with Crippen LogP contribution in [-0.4, -0.2) is 33.7 Å². The molecule has 1 fully saturated rings. The van der Waals surface area contributed by atoms with Crippen LogP contribution in [0, 0.1) is 5.92 Å². The van der Waals surface area contributed by atoms with Crippen molar-refractivity contribution in [3.05, 3.63) is 0 Å². The standard InChI is InChI=1S/C15H26N4O2/c1-5-16-13-17-14(20-10(2)3)19-15(18-13)21-12-9-7-6-8-11(12)4/h10-12H,5-9H2,1-4H3,(H,16,17,18,19). The summed E-state index contributed by atoms with van der Waals surface area (Å²) < 4.78 is 11.6. The smallest absolute Gasteiger partial charge is 0.324 e. The van der Waals surface area contributed by atoms with E-state index in [9.17, 15) is 0 Å². The second kappa shape index (κ2) is 7.43. The van der Waals surface area contributed by atoms with E-state index in [4.69, 9.17) is 9.47 Å². The fourth-order valence-corrected chi connectivity index (χ4v) is 2.48. The molecule has 21 heavy (non-hydrogen) atoms. The molecule has 1 aromatic heterocycles. The largest absolute Gasteiger partial charge is 0.461 e. The van der Waals surface area contributed by atoms with Crippen molar-refractivity contribution in [3.8, 4) is 12.0 Å². The van der Waals surface area contributed by atoms with Crippen LogP contribution in [0.1, 0.15) is 53.4 Å². The quantitative estimate of drug-likeness (QED) is 0.869. The monoisotopic (exact) mass is 294 g/mol. The number of hydrogen-bond donors (Lipinski definition) is 1. The fourth-order valence-electron chi connectivity index (χ4n) is 2.48. The van der Waals surface area contributed by atoms with Crippen LogP contribution in [0.4, 0.5) is 5.95 Å². The van der Waals surface area contributed by atoms with Crippen molar-refractivity contribution in [1.82, 2.24) is 15.0 Å².